The van der Waals surface area contributed by atoms with Gasteiger partial charge >= 0.3 is 0 Å². The predicted octanol–water partition coefficient (Wildman–Crippen LogP) is 4.99. The first-order valence-corrected chi connectivity index (χ1v) is 10.2. The van der Waals surface area contributed by atoms with Gasteiger partial charge in [0.2, 0.25) is 5.95 Å². The van der Waals surface area contributed by atoms with Gasteiger partial charge in [-0.25, -0.2) is 9.97 Å². The highest BCUT2D eigenvalue weighted by molar-refractivity contribution is 7.99. The molecule has 3 nitrogen and oxygen atoms in total. The average Bonchev–Trinajstić information content (AvgIpc) is 3.09. The van der Waals surface area contributed by atoms with Crippen molar-refractivity contribution in [2.75, 3.05) is 18.0 Å². The summed E-state index contributed by atoms with van der Waals surface area (Å²) in [5.74, 6) is 0.924. The van der Waals surface area contributed by atoms with Gasteiger partial charge in [-0.05, 0) is 49.9 Å². The zero-order valence-corrected chi connectivity index (χ0v) is 15.5. The molecule has 1 fully saturated rings. The number of aryl methyl sites for hydroxylation is 1. The molecule has 26 heavy (non-hydrogen) atoms. The van der Waals surface area contributed by atoms with E-state index in [1.165, 1.54) is 39.5 Å². The Kier molecular flexibility index (Phi) is 4.13. The fourth-order valence-corrected chi connectivity index (χ4v) is 4.55. The summed E-state index contributed by atoms with van der Waals surface area (Å²) in [7, 11) is 0. The summed E-state index contributed by atoms with van der Waals surface area (Å²) < 4.78 is 0. The molecule has 1 aromatic heterocycles. The molecule has 0 saturated carbocycles. The molecule has 0 N–H and O–H groups in total. The van der Waals surface area contributed by atoms with Gasteiger partial charge in [-0.3, -0.25) is 0 Å². The molecule has 0 unspecified atom stereocenters. The van der Waals surface area contributed by atoms with Gasteiger partial charge in [-0.2, -0.15) is 0 Å². The van der Waals surface area contributed by atoms with Crippen LogP contribution in [-0.2, 0) is 12.8 Å². The van der Waals surface area contributed by atoms with Crippen molar-refractivity contribution in [2.45, 2.75) is 35.5 Å². The lowest BCUT2D eigenvalue weighted by Gasteiger charge is -2.31. The molecule has 4 heteroatoms. The quantitative estimate of drug-likeness (QED) is 0.656. The first-order valence-electron chi connectivity index (χ1n) is 9.35. The molecule has 1 aliphatic carbocycles. The molecule has 1 saturated heterocycles. The highest BCUT2D eigenvalue weighted by atomic mass is 32.2. The van der Waals surface area contributed by atoms with Crippen molar-refractivity contribution < 1.29 is 0 Å². The Morgan fingerprint density at radius 1 is 0.808 bits per heavy atom. The maximum Gasteiger partial charge on any atom is 0.226 e. The van der Waals surface area contributed by atoms with Crippen molar-refractivity contribution in [1.82, 2.24) is 9.97 Å². The van der Waals surface area contributed by atoms with E-state index < -0.39 is 0 Å². The molecule has 0 bridgehead atoms. The van der Waals surface area contributed by atoms with Crippen molar-refractivity contribution in [3.8, 4) is 11.3 Å². The molecule has 2 heterocycles. The van der Waals surface area contributed by atoms with Gasteiger partial charge in [-0.15, -0.1) is 0 Å². The van der Waals surface area contributed by atoms with E-state index in [1.807, 2.05) is 0 Å². The van der Waals surface area contributed by atoms with Gasteiger partial charge in [0.25, 0.3) is 0 Å². The molecule has 0 spiro atoms. The third-order valence-electron chi connectivity index (χ3n) is 5.15. The van der Waals surface area contributed by atoms with Crippen LogP contribution in [0.15, 0.2) is 64.4 Å². The van der Waals surface area contributed by atoms with Gasteiger partial charge in [0.15, 0.2) is 0 Å². The lowest BCUT2D eigenvalue weighted by molar-refractivity contribution is 0.599. The van der Waals surface area contributed by atoms with Crippen molar-refractivity contribution in [3.05, 3.63) is 65.9 Å². The van der Waals surface area contributed by atoms with Gasteiger partial charge in [0, 0.05) is 39.7 Å². The number of rotatable bonds is 4. The Labute approximate surface area is 158 Å². The first-order chi connectivity index (χ1) is 12.9. The SMILES string of the molecule is c1ccc(Sc2cccc(-c3nc(N4CCC4)nc4c3CCC4)c2)cc1. The third kappa shape index (κ3) is 2.99. The highest BCUT2D eigenvalue weighted by Gasteiger charge is 2.24. The van der Waals surface area contributed by atoms with E-state index in [-0.39, 0.29) is 0 Å². The molecule has 3 aromatic rings. The highest BCUT2D eigenvalue weighted by Crippen LogP contribution is 2.35. The summed E-state index contributed by atoms with van der Waals surface area (Å²) in [4.78, 5) is 14.7. The van der Waals surface area contributed by atoms with E-state index in [0.29, 0.717) is 0 Å². The molecule has 0 amide bonds. The summed E-state index contributed by atoms with van der Waals surface area (Å²) in [5.41, 5.74) is 4.98. The molecular weight excluding hydrogens is 338 g/mol. The van der Waals surface area contributed by atoms with Crippen molar-refractivity contribution in [1.29, 1.82) is 0 Å². The minimum atomic E-state index is 0.924. The summed E-state index contributed by atoms with van der Waals surface area (Å²) >= 11 is 1.80. The summed E-state index contributed by atoms with van der Waals surface area (Å²) in [6.45, 7) is 2.17. The normalized spacial score (nSPS) is 15.6. The molecule has 0 atom stereocenters. The number of hydrogen-bond donors (Lipinski definition) is 0. The molecule has 2 aromatic carbocycles. The number of anilines is 1. The van der Waals surface area contributed by atoms with E-state index >= 15 is 0 Å². The molecule has 1 aliphatic heterocycles. The van der Waals surface area contributed by atoms with Crippen LogP contribution in [0.5, 0.6) is 0 Å². The van der Waals surface area contributed by atoms with Crippen molar-refractivity contribution in [3.63, 3.8) is 0 Å². The molecule has 5 rings (SSSR count). The van der Waals surface area contributed by atoms with E-state index in [4.69, 9.17) is 9.97 Å². The number of aromatic nitrogens is 2. The maximum absolute atomic E-state index is 4.99. The molecule has 0 radical (unpaired) electrons. The molecule has 2 aliphatic rings. The summed E-state index contributed by atoms with van der Waals surface area (Å²) in [5, 5.41) is 0. The predicted molar refractivity (Wildman–Crippen MR) is 107 cm³/mol. The van der Waals surface area contributed by atoms with Crippen LogP contribution >= 0.6 is 11.8 Å². The van der Waals surface area contributed by atoms with Crippen LogP contribution in [0.25, 0.3) is 11.3 Å². The minimum absolute atomic E-state index is 0.924. The van der Waals surface area contributed by atoms with E-state index in [9.17, 15) is 0 Å². The van der Waals surface area contributed by atoms with Crippen molar-refractivity contribution in [2.24, 2.45) is 0 Å². The topological polar surface area (TPSA) is 29.0 Å². The lowest BCUT2D eigenvalue weighted by Crippen LogP contribution is -2.38. The summed E-state index contributed by atoms with van der Waals surface area (Å²) in [6.07, 6.45) is 4.63. The van der Waals surface area contributed by atoms with Crippen LogP contribution in [0.4, 0.5) is 5.95 Å². The standard InChI is InChI=1S/C22H21N3S/c1-2-8-17(9-3-1)26-18-10-4-7-16(15-18)21-19-11-5-12-20(19)23-22(24-21)25-13-6-14-25/h1-4,7-10,15H,5-6,11-14H2. The average molecular weight is 359 g/mol. The maximum atomic E-state index is 4.99. The van der Waals surface area contributed by atoms with Crippen LogP contribution < -0.4 is 4.90 Å². The Hall–Kier alpha value is -2.33. The van der Waals surface area contributed by atoms with Gasteiger partial charge in [-0.1, -0.05) is 42.1 Å². The summed E-state index contributed by atoms with van der Waals surface area (Å²) in [6, 6.07) is 19.3. The first kappa shape index (κ1) is 15.9. The van der Waals surface area contributed by atoms with Gasteiger partial charge < -0.3 is 4.90 Å². The Bertz CT molecular complexity index is 935. The zero-order valence-electron chi connectivity index (χ0n) is 14.7. The van der Waals surface area contributed by atoms with Crippen molar-refractivity contribution >= 4 is 17.7 Å². The minimum Gasteiger partial charge on any atom is -0.341 e. The second kappa shape index (κ2) is 6.76. The fourth-order valence-electron chi connectivity index (χ4n) is 3.65. The van der Waals surface area contributed by atoms with Gasteiger partial charge in [0.1, 0.15) is 0 Å². The number of hydrogen-bond acceptors (Lipinski definition) is 4. The van der Waals surface area contributed by atoms with E-state index in [2.05, 4.69) is 59.5 Å². The lowest BCUT2D eigenvalue weighted by atomic mass is 10.1. The molecule has 130 valence electrons. The smallest absolute Gasteiger partial charge is 0.226 e. The van der Waals surface area contributed by atoms with Crippen LogP contribution in [0.2, 0.25) is 0 Å². The number of nitrogens with zero attached hydrogens (tertiary/aromatic N) is 3. The van der Waals surface area contributed by atoms with Gasteiger partial charge in [0.05, 0.1) is 5.69 Å². The number of fused-ring (bicyclic) bond motifs is 1. The monoisotopic (exact) mass is 359 g/mol. The van der Waals surface area contributed by atoms with Crippen LogP contribution in [0.3, 0.4) is 0 Å². The largest absolute Gasteiger partial charge is 0.341 e. The Balaban J connectivity index is 1.53. The van der Waals surface area contributed by atoms with Crippen LogP contribution in [0.1, 0.15) is 24.1 Å². The third-order valence-corrected chi connectivity index (χ3v) is 6.14. The van der Waals surface area contributed by atoms with E-state index in [1.54, 1.807) is 11.8 Å². The zero-order chi connectivity index (χ0) is 17.3. The second-order valence-corrected chi connectivity index (χ2v) is 8.08. The fraction of sp³-hybridized carbons (Fsp3) is 0.273. The Morgan fingerprint density at radius 2 is 1.65 bits per heavy atom. The Morgan fingerprint density at radius 3 is 2.46 bits per heavy atom. The number of benzene rings is 2. The van der Waals surface area contributed by atoms with E-state index in [0.717, 1.165) is 37.6 Å². The molecular formula is C22H21N3S. The second-order valence-electron chi connectivity index (χ2n) is 6.93. The van der Waals surface area contributed by atoms with Crippen LogP contribution in [-0.4, -0.2) is 23.1 Å². The van der Waals surface area contributed by atoms with Crippen LogP contribution in [0, 0.1) is 0 Å².